The summed E-state index contributed by atoms with van der Waals surface area (Å²) in [5.74, 6) is -2.92. The topological polar surface area (TPSA) is 102 Å². The van der Waals surface area contributed by atoms with Gasteiger partial charge in [0.25, 0.3) is 0 Å². The van der Waals surface area contributed by atoms with Crippen molar-refractivity contribution < 1.29 is 29.0 Å². The van der Waals surface area contributed by atoms with Crippen LogP contribution in [0.1, 0.15) is 49.2 Å². The van der Waals surface area contributed by atoms with Crippen LogP contribution in [0, 0.1) is 18.8 Å². The molecule has 32 heavy (non-hydrogen) atoms. The number of hydrogen-bond acceptors (Lipinski definition) is 6. The fourth-order valence-corrected chi connectivity index (χ4v) is 3.07. The number of rotatable bonds is 8. The third-order valence-corrected chi connectivity index (χ3v) is 4.93. The van der Waals surface area contributed by atoms with E-state index in [0.717, 1.165) is 5.56 Å². The van der Waals surface area contributed by atoms with Crippen LogP contribution in [0.5, 0.6) is 11.5 Å². The molecule has 1 atom stereocenters. The minimum Gasteiger partial charge on any atom is -0.480 e. The van der Waals surface area contributed by atoms with Crippen molar-refractivity contribution in [3.63, 3.8) is 0 Å². The van der Waals surface area contributed by atoms with Crippen LogP contribution in [-0.2, 0) is 9.59 Å². The molecule has 0 saturated carbocycles. The number of hydrogen-bond donors (Lipinski definition) is 1. The molecule has 0 spiro atoms. The van der Waals surface area contributed by atoms with Crippen molar-refractivity contribution in [3.8, 4) is 11.5 Å². The second kappa shape index (κ2) is 11.0. The minimum absolute atomic E-state index is 0.0102. The van der Waals surface area contributed by atoms with Crippen LogP contribution in [0.2, 0.25) is 0 Å². The predicted molar refractivity (Wildman–Crippen MR) is 125 cm³/mol. The molecular formula is C24H26BrNO6. The quantitative estimate of drug-likeness (QED) is 0.306. The number of carboxylic acid groups (broad SMARTS) is 1. The van der Waals surface area contributed by atoms with Crippen LogP contribution in [0.4, 0.5) is 0 Å². The zero-order valence-corrected chi connectivity index (χ0v) is 20.2. The Kier molecular flexibility index (Phi) is 8.72. The van der Waals surface area contributed by atoms with E-state index >= 15 is 0 Å². The lowest BCUT2D eigenvalue weighted by molar-refractivity contribution is -0.139. The molecule has 8 heteroatoms. The molecular weight excluding hydrogens is 478 g/mol. The molecule has 0 amide bonds. The van der Waals surface area contributed by atoms with E-state index in [1.165, 1.54) is 12.3 Å². The summed E-state index contributed by atoms with van der Waals surface area (Å²) in [6.45, 7) is 8.73. The highest BCUT2D eigenvalue weighted by molar-refractivity contribution is 9.10. The fourth-order valence-electron chi connectivity index (χ4n) is 2.62. The molecule has 0 heterocycles. The molecule has 0 saturated heterocycles. The number of nitrogens with zero attached hydrogens (tertiary/aromatic N) is 1. The third kappa shape index (κ3) is 6.75. The normalized spacial score (nSPS) is 12.2. The number of aryl methyl sites for hydroxylation is 1. The first kappa shape index (κ1) is 25.3. The number of aliphatic imine (C=N–C) groups is 1. The first-order valence-corrected chi connectivity index (χ1v) is 10.9. The number of aliphatic carboxylic acids is 1. The lowest BCUT2D eigenvalue weighted by Gasteiger charge is -2.16. The second-order valence-electron chi connectivity index (χ2n) is 7.96. The maximum Gasteiger partial charge on any atom is 0.343 e. The van der Waals surface area contributed by atoms with Gasteiger partial charge in [0.2, 0.25) is 0 Å². The molecule has 0 bridgehead atoms. The van der Waals surface area contributed by atoms with Gasteiger partial charge in [0.15, 0.2) is 11.5 Å². The van der Waals surface area contributed by atoms with Gasteiger partial charge in [0, 0.05) is 16.3 Å². The van der Waals surface area contributed by atoms with Crippen molar-refractivity contribution in [1.82, 2.24) is 0 Å². The van der Waals surface area contributed by atoms with E-state index < -0.39 is 29.9 Å². The van der Waals surface area contributed by atoms with Crippen molar-refractivity contribution >= 4 is 40.1 Å². The van der Waals surface area contributed by atoms with E-state index in [4.69, 9.17) is 9.47 Å². The Labute approximate surface area is 195 Å². The number of halogens is 1. The van der Waals surface area contributed by atoms with Crippen molar-refractivity contribution in [2.45, 2.75) is 40.7 Å². The van der Waals surface area contributed by atoms with E-state index in [9.17, 15) is 19.5 Å². The molecule has 2 aromatic rings. The summed E-state index contributed by atoms with van der Waals surface area (Å²) in [6, 6.07) is 8.97. The third-order valence-electron chi connectivity index (χ3n) is 4.47. The molecule has 0 aliphatic carbocycles. The molecule has 1 N–H and O–H groups in total. The van der Waals surface area contributed by atoms with E-state index in [0.29, 0.717) is 15.6 Å². The molecule has 2 aromatic carbocycles. The average molecular weight is 504 g/mol. The molecule has 1 unspecified atom stereocenters. The summed E-state index contributed by atoms with van der Waals surface area (Å²) in [6.07, 6.45) is 1.32. The first-order valence-electron chi connectivity index (χ1n) is 10.1. The second-order valence-corrected chi connectivity index (χ2v) is 8.87. The van der Waals surface area contributed by atoms with Gasteiger partial charge in [-0.15, -0.1) is 0 Å². The van der Waals surface area contributed by atoms with Gasteiger partial charge in [-0.3, -0.25) is 9.79 Å². The summed E-state index contributed by atoms with van der Waals surface area (Å²) < 4.78 is 11.6. The lowest BCUT2D eigenvalue weighted by Crippen LogP contribution is -2.24. The number of ether oxygens (including phenoxy) is 2. The summed E-state index contributed by atoms with van der Waals surface area (Å²) in [4.78, 5) is 40.7. The highest BCUT2D eigenvalue weighted by atomic mass is 79.9. The zero-order chi connectivity index (χ0) is 24.0. The zero-order valence-electron chi connectivity index (χ0n) is 18.6. The van der Waals surface area contributed by atoms with Crippen LogP contribution in [0.15, 0.2) is 45.9 Å². The molecule has 170 valence electrons. The Balaban J connectivity index is 2.52. The summed E-state index contributed by atoms with van der Waals surface area (Å²) in [7, 11) is 0. The number of carbonyl (C=O) groups is 3. The highest BCUT2D eigenvalue weighted by Gasteiger charge is 2.23. The lowest BCUT2D eigenvalue weighted by atomic mass is 10.1. The van der Waals surface area contributed by atoms with Crippen molar-refractivity contribution in [1.29, 1.82) is 0 Å². The number of benzene rings is 2. The summed E-state index contributed by atoms with van der Waals surface area (Å²) >= 11 is 3.35. The van der Waals surface area contributed by atoms with Gasteiger partial charge < -0.3 is 14.6 Å². The largest absolute Gasteiger partial charge is 0.480 e. The fraction of sp³-hybridized carbons (Fsp3) is 0.333. The smallest absolute Gasteiger partial charge is 0.343 e. The van der Waals surface area contributed by atoms with Crippen molar-refractivity contribution in [2.75, 3.05) is 0 Å². The molecule has 0 fully saturated rings. The minimum atomic E-state index is -1.07. The Morgan fingerprint density at radius 2 is 1.66 bits per heavy atom. The van der Waals surface area contributed by atoms with Gasteiger partial charge in [-0.05, 0) is 37.1 Å². The van der Waals surface area contributed by atoms with Crippen LogP contribution in [0.3, 0.4) is 0 Å². The van der Waals surface area contributed by atoms with Crippen LogP contribution in [-0.4, -0.2) is 35.3 Å². The van der Waals surface area contributed by atoms with Crippen molar-refractivity contribution in [3.05, 3.63) is 57.6 Å². The van der Waals surface area contributed by atoms with Crippen molar-refractivity contribution in [2.24, 2.45) is 16.8 Å². The molecule has 7 nitrogen and oxygen atoms in total. The predicted octanol–water partition coefficient (Wildman–Crippen LogP) is 5.07. The van der Waals surface area contributed by atoms with Crippen LogP contribution in [0.25, 0.3) is 0 Å². The van der Waals surface area contributed by atoms with Gasteiger partial charge in [-0.25, -0.2) is 9.59 Å². The number of esters is 2. The van der Waals surface area contributed by atoms with Gasteiger partial charge in [0.05, 0.1) is 11.5 Å². The SMILES string of the molecule is Cc1ccc(C(=O)Oc2cc(Br)cc(C=NC(C(=O)O)C(C)C)c2OC(=O)C(C)C)cc1. The van der Waals surface area contributed by atoms with E-state index in [2.05, 4.69) is 20.9 Å². The molecule has 0 aliphatic heterocycles. The van der Waals surface area contributed by atoms with Gasteiger partial charge in [0.1, 0.15) is 6.04 Å². The molecule has 2 rings (SSSR count). The Bertz CT molecular complexity index is 1030. The Morgan fingerprint density at radius 1 is 1.03 bits per heavy atom. The van der Waals surface area contributed by atoms with Gasteiger partial charge in [-0.2, -0.15) is 0 Å². The van der Waals surface area contributed by atoms with Gasteiger partial charge in [-0.1, -0.05) is 61.3 Å². The first-order chi connectivity index (χ1) is 15.0. The molecule has 0 aliphatic rings. The maximum absolute atomic E-state index is 12.7. The standard InChI is InChI=1S/C24H26BrNO6/c1-13(2)20(22(27)28)26-12-17-10-18(25)11-19(21(17)32-23(29)14(3)4)31-24(30)16-8-6-15(5)7-9-16/h6-14,20H,1-5H3,(H,27,28). The summed E-state index contributed by atoms with van der Waals surface area (Å²) in [5, 5.41) is 9.41. The van der Waals surface area contributed by atoms with E-state index in [1.807, 2.05) is 6.92 Å². The van der Waals surface area contributed by atoms with E-state index in [1.54, 1.807) is 58.0 Å². The average Bonchev–Trinajstić information content (AvgIpc) is 2.70. The van der Waals surface area contributed by atoms with Crippen LogP contribution < -0.4 is 9.47 Å². The molecule has 0 aromatic heterocycles. The molecule has 0 radical (unpaired) electrons. The Hall–Kier alpha value is -3.00. The maximum atomic E-state index is 12.7. The highest BCUT2D eigenvalue weighted by Crippen LogP contribution is 2.35. The monoisotopic (exact) mass is 503 g/mol. The summed E-state index contributed by atoms with van der Waals surface area (Å²) in [5.41, 5.74) is 1.62. The number of carboxylic acids is 1. The van der Waals surface area contributed by atoms with Crippen LogP contribution >= 0.6 is 15.9 Å². The van der Waals surface area contributed by atoms with E-state index in [-0.39, 0.29) is 17.4 Å². The van der Waals surface area contributed by atoms with Gasteiger partial charge >= 0.3 is 17.9 Å². The Morgan fingerprint density at radius 3 is 2.19 bits per heavy atom. The number of carbonyl (C=O) groups excluding carboxylic acids is 2.